The van der Waals surface area contributed by atoms with E-state index in [0.29, 0.717) is 11.8 Å². The summed E-state index contributed by atoms with van der Waals surface area (Å²) in [4.78, 5) is 12.4. The second-order valence-corrected chi connectivity index (χ2v) is 6.76. The lowest BCUT2D eigenvalue weighted by Crippen LogP contribution is -2.53. The number of rotatable bonds is 2. The van der Waals surface area contributed by atoms with E-state index in [2.05, 4.69) is 5.32 Å². The third-order valence-corrected chi connectivity index (χ3v) is 5.15. The van der Waals surface area contributed by atoms with E-state index in [0.717, 1.165) is 44.2 Å². The summed E-state index contributed by atoms with van der Waals surface area (Å²) in [5.41, 5.74) is 5.60. The zero-order valence-corrected chi connectivity index (χ0v) is 12.8. The number of hydrogen-bond acceptors (Lipinski definition) is 2. The lowest BCUT2D eigenvalue weighted by Gasteiger charge is -2.45. The molecule has 0 aliphatic heterocycles. The Morgan fingerprint density at radius 3 is 2.17 bits per heavy atom. The number of halogens is 3. The van der Waals surface area contributed by atoms with Gasteiger partial charge in [0.2, 0.25) is 0 Å². The van der Waals surface area contributed by atoms with Crippen LogP contribution >= 0.6 is 0 Å². The van der Waals surface area contributed by atoms with Gasteiger partial charge >= 0.3 is 6.18 Å². The monoisotopic (exact) mass is 326 g/mol. The van der Waals surface area contributed by atoms with Gasteiger partial charge in [-0.3, -0.25) is 4.79 Å². The number of carbonyl (C=O) groups is 1. The summed E-state index contributed by atoms with van der Waals surface area (Å²) in [5.74, 6) is 0.475. The Morgan fingerprint density at radius 1 is 1.09 bits per heavy atom. The molecule has 0 radical (unpaired) electrons. The summed E-state index contributed by atoms with van der Waals surface area (Å²) >= 11 is 0. The summed E-state index contributed by atoms with van der Waals surface area (Å²) in [5, 5.41) is 3.04. The van der Waals surface area contributed by atoms with Crippen molar-refractivity contribution in [3.8, 4) is 0 Å². The fraction of sp³-hybridized carbons (Fsp3) is 0.588. The van der Waals surface area contributed by atoms with Crippen LogP contribution in [0.2, 0.25) is 0 Å². The molecule has 6 heteroatoms. The fourth-order valence-corrected chi connectivity index (χ4v) is 4.07. The highest BCUT2D eigenvalue weighted by Gasteiger charge is 2.40. The standard InChI is InChI=1S/C17H21F3N2O/c18-17(19,20)13-6-4-10(5-7-13)16(23)22-15-11-2-1-3-12(15)9-14(21)8-11/h4-7,11-12,14-15H,1-3,8-9,21H2,(H,22,23). The Morgan fingerprint density at radius 2 is 1.65 bits per heavy atom. The van der Waals surface area contributed by atoms with E-state index < -0.39 is 11.7 Å². The minimum atomic E-state index is -4.38. The maximum Gasteiger partial charge on any atom is 0.416 e. The van der Waals surface area contributed by atoms with Gasteiger partial charge < -0.3 is 11.1 Å². The first-order chi connectivity index (χ1) is 10.8. The first-order valence-electron chi connectivity index (χ1n) is 8.08. The van der Waals surface area contributed by atoms with Crippen molar-refractivity contribution >= 4 is 5.91 Å². The average molecular weight is 326 g/mol. The first kappa shape index (κ1) is 16.3. The predicted molar refractivity (Wildman–Crippen MR) is 80.7 cm³/mol. The molecule has 2 aliphatic carbocycles. The Labute approximate surface area is 133 Å². The van der Waals surface area contributed by atoms with Crippen LogP contribution in [0.25, 0.3) is 0 Å². The number of alkyl halides is 3. The summed E-state index contributed by atoms with van der Waals surface area (Å²) in [7, 11) is 0. The van der Waals surface area contributed by atoms with Crippen LogP contribution in [0, 0.1) is 11.8 Å². The van der Waals surface area contributed by atoms with Crippen LogP contribution in [0.1, 0.15) is 48.0 Å². The summed E-state index contributed by atoms with van der Waals surface area (Å²) in [6.07, 6.45) is 0.716. The van der Waals surface area contributed by atoms with Crippen molar-refractivity contribution in [2.75, 3.05) is 0 Å². The van der Waals surface area contributed by atoms with Crippen molar-refractivity contribution in [1.82, 2.24) is 5.32 Å². The third kappa shape index (κ3) is 3.52. The van der Waals surface area contributed by atoms with E-state index in [1.807, 2.05) is 0 Å². The van der Waals surface area contributed by atoms with Crippen LogP contribution < -0.4 is 11.1 Å². The SMILES string of the molecule is NC1CC2CCCC(C1)C2NC(=O)c1ccc(C(F)(F)F)cc1. The molecule has 3 nitrogen and oxygen atoms in total. The van der Waals surface area contributed by atoms with Crippen molar-refractivity contribution in [3.63, 3.8) is 0 Å². The molecule has 1 amide bonds. The molecule has 3 N–H and O–H groups in total. The maximum atomic E-state index is 12.6. The van der Waals surface area contributed by atoms with Gasteiger partial charge in [0, 0.05) is 17.6 Å². The van der Waals surface area contributed by atoms with Crippen LogP contribution in [0.5, 0.6) is 0 Å². The van der Waals surface area contributed by atoms with Gasteiger partial charge in [0.05, 0.1) is 5.56 Å². The van der Waals surface area contributed by atoms with Crippen molar-refractivity contribution < 1.29 is 18.0 Å². The third-order valence-electron chi connectivity index (χ3n) is 5.15. The molecule has 2 unspecified atom stereocenters. The summed E-state index contributed by atoms with van der Waals surface area (Å²) in [6, 6.07) is 4.67. The minimum Gasteiger partial charge on any atom is -0.349 e. The Bertz CT molecular complexity index is 556. The van der Waals surface area contributed by atoms with Crippen LogP contribution in [0.3, 0.4) is 0 Å². The fourth-order valence-electron chi connectivity index (χ4n) is 4.07. The van der Waals surface area contributed by atoms with E-state index in [9.17, 15) is 18.0 Å². The van der Waals surface area contributed by atoms with Gasteiger partial charge in [-0.05, 0) is 61.8 Å². The van der Waals surface area contributed by atoms with Crippen LogP contribution in [-0.2, 0) is 6.18 Å². The summed E-state index contributed by atoms with van der Waals surface area (Å²) < 4.78 is 37.7. The molecule has 1 aromatic rings. The topological polar surface area (TPSA) is 55.1 Å². The highest BCUT2D eigenvalue weighted by Crippen LogP contribution is 2.39. The molecule has 2 aliphatic rings. The Hall–Kier alpha value is -1.56. The van der Waals surface area contributed by atoms with Crippen LogP contribution in [0.4, 0.5) is 13.2 Å². The predicted octanol–water partition coefficient (Wildman–Crippen LogP) is 3.34. The zero-order chi connectivity index (χ0) is 16.6. The lowest BCUT2D eigenvalue weighted by molar-refractivity contribution is -0.137. The van der Waals surface area contributed by atoms with Gasteiger partial charge in [-0.1, -0.05) is 6.42 Å². The second kappa shape index (κ2) is 6.15. The van der Waals surface area contributed by atoms with Gasteiger partial charge in [0.25, 0.3) is 5.91 Å². The van der Waals surface area contributed by atoms with E-state index in [1.54, 1.807) is 0 Å². The second-order valence-electron chi connectivity index (χ2n) is 6.76. The molecule has 0 spiro atoms. The van der Waals surface area contributed by atoms with E-state index in [1.165, 1.54) is 12.1 Å². The summed E-state index contributed by atoms with van der Waals surface area (Å²) in [6.45, 7) is 0. The molecule has 2 atom stereocenters. The average Bonchev–Trinajstić information content (AvgIpc) is 2.47. The molecule has 1 aromatic carbocycles. The lowest BCUT2D eigenvalue weighted by atomic mass is 9.67. The largest absolute Gasteiger partial charge is 0.416 e. The Balaban J connectivity index is 1.69. The molecule has 2 bridgehead atoms. The normalized spacial score (nSPS) is 30.8. The molecule has 3 rings (SSSR count). The number of nitrogens with two attached hydrogens (primary N) is 1. The van der Waals surface area contributed by atoms with E-state index in [4.69, 9.17) is 5.73 Å². The molecule has 0 saturated heterocycles. The number of hydrogen-bond donors (Lipinski definition) is 2. The molecule has 0 aromatic heterocycles. The molecular weight excluding hydrogens is 305 g/mol. The highest BCUT2D eigenvalue weighted by atomic mass is 19.4. The zero-order valence-electron chi connectivity index (χ0n) is 12.8. The first-order valence-corrected chi connectivity index (χ1v) is 8.08. The molecule has 126 valence electrons. The number of nitrogens with one attached hydrogen (secondary N) is 1. The van der Waals surface area contributed by atoms with Crippen molar-refractivity contribution in [1.29, 1.82) is 0 Å². The van der Waals surface area contributed by atoms with Gasteiger partial charge in [0.1, 0.15) is 0 Å². The van der Waals surface area contributed by atoms with Gasteiger partial charge in [-0.15, -0.1) is 0 Å². The van der Waals surface area contributed by atoms with Crippen molar-refractivity contribution in [2.45, 2.75) is 50.4 Å². The molecular formula is C17H21F3N2O. The number of fused-ring (bicyclic) bond motifs is 2. The van der Waals surface area contributed by atoms with Crippen LogP contribution in [-0.4, -0.2) is 18.0 Å². The Kier molecular flexibility index (Phi) is 4.36. The molecule has 23 heavy (non-hydrogen) atoms. The van der Waals surface area contributed by atoms with Gasteiger partial charge in [-0.2, -0.15) is 13.2 Å². The van der Waals surface area contributed by atoms with E-state index in [-0.39, 0.29) is 23.6 Å². The van der Waals surface area contributed by atoms with Gasteiger partial charge in [-0.25, -0.2) is 0 Å². The maximum absolute atomic E-state index is 12.6. The van der Waals surface area contributed by atoms with Gasteiger partial charge in [0.15, 0.2) is 0 Å². The molecule has 0 heterocycles. The van der Waals surface area contributed by atoms with Crippen molar-refractivity contribution in [3.05, 3.63) is 35.4 Å². The quantitative estimate of drug-likeness (QED) is 0.876. The van der Waals surface area contributed by atoms with E-state index >= 15 is 0 Å². The molecule has 2 saturated carbocycles. The number of benzene rings is 1. The smallest absolute Gasteiger partial charge is 0.349 e. The number of amides is 1. The molecule has 2 fully saturated rings. The number of carbonyl (C=O) groups excluding carboxylic acids is 1. The van der Waals surface area contributed by atoms with Crippen LogP contribution in [0.15, 0.2) is 24.3 Å². The van der Waals surface area contributed by atoms with Crippen molar-refractivity contribution in [2.24, 2.45) is 17.6 Å². The highest BCUT2D eigenvalue weighted by molar-refractivity contribution is 5.94. The minimum absolute atomic E-state index is 0.0957.